The van der Waals surface area contributed by atoms with Crippen LogP contribution in [0.1, 0.15) is 11.1 Å². The van der Waals surface area contributed by atoms with Crippen LogP contribution in [0.15, 0.2) is 60.7 Å². The molecule has 0 aliphatic heterocycles. The molecule has 21 heavy (non-hydrogen) atoms. The molecule has 0 aliphatic rings. The van der Waals surface area contributed by atoms with Crippen molar-refractivity contribution in [1.82, 2.24) is 5.32 Å². The maximum atomic E-state index is 11.9. The lowest BCUT2D eigenvalue weighted by Crippen LogP contribution is -2.35. The number of aldehydes is 1. The summed E-state index contributed by atoms with van der Waals surface area (Å²) in [6.45, 7) is 0. The number of carbonyl (C=O) groups is 2. The molecule has 2 aromatic rings. The summed E-state index contributed by atoms with van der Waals surface area (Å²) < 4.78 is 0. The van der Waals surface area contributed by atoms with Crippen LogP contribution in [0.25, 0.3) is 0 Å². The molecule has 2 rings (SSSR count). The van der Waals surface area contributed by atoms with E-state index in [2.05, 4.69) is 5.32 Å². The second kappa shape index (κ2) is 8.27. The standard InChI is InChI=1S/C17H17NO2S/c19-12-16(11-14-7-3-1-4-8-14)18-17(20)21-13-15-9-5-2-6-10-15/h1-10,12,16H,11,13H2,(H,18,20). The lowest BCUT2D eigenvalue weighted by atomic mass is 10.1. The minimum absolute atomic E-state index is 0.174. The van der Waals surface area contributed by atoms with Gasteiger partial charge in [0.2, 0.25) is 0 Å². The number of hydrogen-bond acceptors (Lipinski definition) is 3. The highest BCUT2D eigenvalue weighted by atomic mass is 32.2. The highest BCUT2D eigenvalue weighted by molar-refractivity contribution is 8.12. The molecule has 0 heterocycles. The topological polar surface area (TPSA) is 46.2 Å². The predicted octanol–water partition coefficient (Wildman–Crippen LogP) is 3.44. The first-order valence-corrected chi connectivity index (χ1v) is 7.73. The molecule has 0 saturated heterocycles. The molecule has 0 radical (unpaired) electrons. The summed E-state index contributed by atoms with van der Waals surface area (Å²) in [6, 6.07) is 18.9. The van der Waals surface area contributed by atoms with E-state index in [4.69, 9.17) is 0 Å². The summed E-state index contributed by atoms with van der Waals surface area (Å²) in [5, 5.41) is 2.57. The summed E-state index contributed by atoms with van der Waals surface area (Å²) in [5.74, 6) is 0.601. The van der Waals surface area contributed by atoms with Crippen LogP contribution in [-0.2, 0) is 17.0 Å². The van der Waals surface area contributed by atoms with E-state index < -0.39 is 6.04 Å². The van der Waals surface area contributed by atoms with Gasteiger partial charge < -0.3 is 10.1 Å². The van der Waals surface area contributed by atoms with Crippen LogP contribution in [-0.4, -0.2) is 17.6 Å². The fourth-order valence-corrected chi connectivity index (χ4v) is 2.64. The number of benzene rings is 2. The maximum absolute atomic E-state index is 11.9. The summed E-state index contributed by atoms with van der Waals surface area (Å²) in [6.07, 6.45) is 1.30. The van der Waals surface area contributed by atoms with Crippen molar-refractivity contribution < 1.29 is 9.59 Å². The van der Waals surface area contributed by atoms with Gasteiger partial charge >= 0.3 is 0 Å². The van der Waals surface area contributed by atoms with Crippen LogP contribution >= 0.6 is 11.8 Å². The Morgan fingerprint density at radius 2 is 1.57 bits per heavy atom. The molecule has 0 bridgehead atoms. The van der Waals surface area contributed by atoms with E-state index in [0.717, 1.165) is 17.4 Å². The number of carbonyl (C=O) groups excluding carboxylic acids is 2. The van der Waals surface area contributed by atoms with E-state index in [1.54, 1.807) is 0 Å². The fraction of sp³-hybridized carbons (Fsp3) is 0.176. The van der Waals surface area contributed by atoms with Gasteiger partial charge in [-0.2, -0.15) is 0 Å². The first-order valence-electron chi connectivity index (χ1n) is 6.74. The van der Waals surface area contributed by atoms with Gasteiger partial charge in [0, 0.05) is 5.75 Å². The van der Waals surface area contributed by atoms with E-state index in [-0.39, 0.29) is 5.24 Å². The Morgan fingerprint density at radius 3 is 2.14 bits per heavy atom. The zero-order valence-corrected chi connectivity index (χ0v) is 12.4. The summed E-state index contributed by atoms with van der Waals surface area (Å²) in [7, 11) is 0. The van der Waals surface area contributed by atoms with Gasteiger partial charge in [0.15, 0.2) is 0 Å². The number of nitrogens with one attached hydrogen (secondary N) is 1. The van der Waals surface area contributed by atoms with Gasteiger partial charge in [-0.3, -0.25) is 4.79 Å². The van der Waals surface area contributed by atoms with Crippen LogP contribution in [0.2, 0.25) is 0 Å². The molecule has 1 amide bonds. The van der Waals surface area contributed by atoms with E-state index in [1.807, 2.05) is 60.7 Å². The Bertz CT molecular complexity index is 572. The van der Waals surface area contributed by atoms with Crippen LogP contribution in [0, 0.1) is 0 Å². The second-order valence-corrected chi connectivity index (χ2v) is 5.59. The van der Waals surface area contributed by atoms with E-state index in [1.165, 1.54) is 11.8 Å². The van der Waals surface area contributed by atoms with Crippen molar-refractivity contribution in [2.75, 3.05) is 0 Å². The molecule has 0 fully saturated rings. The Kier molecular flexibility index (Phi) is 6.03. The van der Waals surface area contributed by atoms with Crippen LogP contribution in [0.3, 0.4) is 0 Å². The lowest BCUT2D eigenvalue weighted by Gasteiger charge is -2.12. The predicted molar refractivity (Wildman–Crippen MR) is 86.3 cm³/mol. The molecule has 0 aromatic heterocycles. The smallest absolute Gasteiger partial charge is 0.279 e. The molecular weight excluding hydrogens is 282 g/mol. The maximum Gasteiger partial charge on any atom is 0.279 e. The van der Waals surface area contributed by atoms with Gasteiger partial charge in [-0.15, -0.1) is 0 Å². The first kappa shape index (κ1) is 15.3. The molecule has 2 aromatic carbocycles. The first-order chi connectivity index (χ1) is 10.3. The quantitative estimate of drug-likeness (QED) is 0.831. The summed E-state index contributed by atoms with van der Waals surface area (Å²) in [4.78, 5) is 23.0. The van der Waals surface area contributed by atoms with E-state index >= 15 is 0 Å². The highest BCUT2D eigenvalue weighted by Gasteiger charge is 2.12. The molecule has 1 N–H and O–H groups in total. The molecule has 0 aliphatic carbocycles. The zero-order valence-electron chi connectivity index (χ0n) is 11.6. The molecule has 1 unspecified atom stereocenters. The lowest BCUT2D eigenvalue weighted by molar-refractivity contribution is -0.109. The van der Waals surface area contributed by atoms with Crippen molar-refractivity contribution in [3.05, 3.63) is 71.8 Å². The fourth-order valence-electron chi connectivity index (χ4n) is 1.92. The van der Waals surface area contributed by atoms with Crippen molar-refractivity contribution in [2.45, 2.75) is 18.2 Å². The largest absolute Gasteiger partial charge is 0.337 e. The van der Waals surface area contributed by atoms with Crippen molar-refractivity contribution in [3.63, 3.8) is 0 Å². The number of hydrogen-bond donors (Lipinski definition) is 1. The minimum atomic E-state index is -0.483. The third-order valence-electron chi connectivity index (χ3n) is 2.98. The molecule has 0 saturated carbocycles. The van der Waals surface area contributed by atoms with Gasteiger partial charge in [-0.25, -0.2) is 0 Å². The number of thioether (sulfide) groups is 1. The Hall–Kier alpha value is -2.07. The van der Waals surface area contributed by atoms with Gasteiger partial charge in [-0.05, 0) is 17.5 Å². The average molecular weight is 299 g/mol. The van der Waals surface area contributed by atoms with Gasteiger partial charge in [0.1, 0.15) is 6.29 Å². The SMILES string of the molecule is O=CC(Cc1ccccc1)NC(=O)SCc1ccccc1. The molecule has 0 spiro atoms. The van der Waals surface area contributed by atoms with Crippen molar-refractivity contribution in [1.29, 1.82) is 0 Å². The second-order valence-electron chi connectivity index (χ2n) is 4.64. The molecule has 3 nitrogen and oxygen atoms in total. The monoisotopic (exact) mass is 299 g/mol. The van der Waals surface area contributed by atoms with Gasteiger partial charge in [0.25, 0.3) is 5.24 Å². The molecule has 4 heteroatoms. The third kappa shape index (κ3) is 5.44. The number of amides is 1. The Morgan fingerprint density at radius 1 is 1.00 bits per heavy atom. The minimum Gasteiger partial charge on any atom is -0.337 e. The van der Waals surface area contributed by atoms with Gasteiger partial charge in [0.05, 0.1) is 6.04 Å². The highest BCUT2D eigenvalue weighted by Crippen LogP contribution is 2.13. The van der Waals surface area contributed by atoms with Crippen molar-refractivity contribution >= 4 is 23.3 Å². The molecule has 108 valence electrons. The molecular formula is C17H17NO2S. The Labute approximate surface area is 128 Å². The summed E-state index contributed by atoms with van der Waals surface area (Å²) in [5.41, 5.74) is 2.12. The number of rotatable bonds is 6. The summed E-state index contributed by atoms with van der Waals surface area (Å²) >= 11 is 1.17. The van der Waals surface area contributed by atoms with Crippen LogP contribution < -0.4 is 5.32 Å². The Balaban J connectivity index is 1.81. The van der Waals surface area contributed by atoms with Gasteiger partial charge in [-0.1, -0.05) is 72.4 Å². The zero-order chi connectivity index (χ0) is 14.9. The average Bonchev–Trinajstić information content (AvgIpc) is 2.54. The third-order valence-corrected chi connectivity index (χ3v) is 3.84. The van der Waals surface area contributed by atoms with E-state index in [9.17, 15) is 9.59 Å². The van der Waals surface area contributed by atoms with Crippen molar-refractivity contribution in [2.24, 2.45) is 0 Å². The van der Waals surface area contributed by atoms with Crippen LogP contribution in [0.4, 0.5) is 4.79 Å². The normalized spacial score (nSPS) is 11.6. The van der Waals surface area contributed by atoms with Crippen LogP contribution in [0.5, 0.6) is 0 Å². The van der Waals surface area contributed by atoms with Crippen molar-refractivity contribution in [3.8, 4) is 0 Å². The molecule has 1 atom stereocenters. The van der Waals surface area contributed by atoms with E-state index in [0.29, 0.717) is 12.2 Å².